The molecule has 1 aromatic carbocycles. The number of nitrogens with zero attached hydrogens (tertiary/aromatic N) is 2. The van der Waals surface area contributed by atoms with Gasteiger partial charge in [0.2, 0.25) is 0 Å². The Morgan fingerprint density at radius 3 is 2.71 bits per heavy atom. The van der Waals surface area contributed by atoms with Gasteiger partial charge < -0.3 is 10.3 Å². The van der Waals surface area contributed by atoms with Crippen LogP contribution in [0.5, 0.6) is 0 Å². The maximum atomic E-state index is 6.14. The molecule has 0 saturated heterocycles. The van der Waals surface area contributed by atoms with Crippen molar-refractivity contribution in [1.29, 1.82) is 0 Å². The lowest BCUT2D eigenvalue weighted by Crippen LogP contribution is -2.13. The van der Waals surface area contributed by atoms with Crippen molar-refractivity contribution in [1.82, 2.24) is 9.55 Å². The van der Waals surface area contributed by atoms with Gasteiger partial charge in [-0.15, -0.1) is 0 Å². The number of aromatic nitrogens is 2. The van der Waals surface area contributed by atoms with Gasteiger partial charge in [-0.2, -0.15) is 0 Å². The van der Waals surface area contributed by atoms with Gasteiger partial charge in [0, 0.05) is 19.3 Å². The van der Waals surface area contributed by atoms with E-state index in [0.29, 0.717) is 0 Å². The quantitative estimate of drug-likeness (QED) is 0.855. The molecule has 0 amide bonds. The van der Waals surface area contributed by atoms with E-state index >= 15 is 0 Å². The topological polar surface area (TPSA) is 43.8 Å². The van der Waals surface area contributed by atoms with E-state index in [2.05, 4.69) is 29.2 Å². The molecule has 1 unspecified atom stereocenters. The number of imidazole rings is 1. The van der Waals surface area contributed by atoms with Crippen LogP contribution in [0.4, 0.5) is 0 Å². The van der Waals surface area contributed by atoms with E-state index in [4.69, 9.17) is 5.73 Å². The molecular weight excluding hydrogens is 210 g/mol. The predicted octanol–water partition coefficient (Wildman–Crippen LogP) is 2.44. The van der Waals surface area contributed by atoms with Gasteiger partial charge in [-0.1, -0.05) is 30.3 Å². The molecule has 3 nitrogen and oxygen atoms in total. The lowest BCUT2D eigenvalue weighted by atomic mass is 10.0. The molecule has 0 aliphatic heterocycles. The Bertz CT molecular complexity index is 448. The van der Waals surface area contributed by atoms with Gasteiger partial charge in [0.05, 0.1) is 12.0 Å². The van der Waals surface area contributed by atoms with Crippen LogP contribution in [-0.4, -0.2) is 9.55 Å². The Labute approximate surface area is 102 Å². The van der Waals surface area contributed by atoms with Crippen LogP contribution in [0.15, 0.2) is 42.9 Å². The molecule has 2 rings (SSSR count). The minimum atomic E-state index is 0.0891. The highest BCUT2D eigenvalue weighted by molar-refractivity contribution is 5.14. The first-order valence-corrected chi connectivity index (χ1v) is 6.03. The van der Waals surface area contributed by atoms with E-state index in [1.54, 1.807) is 6.33 Å². The Morgan fingerprint density at radius 2 is 2.06 bits per heavy atom. The smallest absolute Gasteiger partial charge is 0.0946 e. The van der Waals surface area contributed by atoms with Crippen molar-refractivity contribution in [2.45, 2.75) is 25.3 Å². The number of nitrogens with two attached hydrogens (primary N) is 1. The second-order valence-corrected chi connectivity index (χ2v) is 4.41. The summed E-state index contributed by atoms with van der Waals surface area (Å²) in [5, 5.41) is 0. The lowest BCUT2D eigenvalue weighted by molar-refractivity contribution is 0.578. The maximum Gasteiger partial charge on any atom is 0.0946 e. The summed E-state index contributed by atoms with van der Waals surface area (Å²) in [4.78, 5) is 4.09. The Kier molecular flexibility index (Phi) is 3.94. The van der Waals surface area contributed by atoms with Crippen LogP contribution in [0, 0.1) is 0 Å². The monoisotopic (exact) mass is 229 g/mol. The molecule has 90 valence electrons. The number of aryl methyl sites for hydroxylation is 2. The molecule has 0 radical (unpaired) electrons. The van der Waals surface area contributed by atoms with E-state index < -0.39 is 0 Å². The maximum absolute atomic E-state index is 6.14. The van der Waals surface area contributed by atoms with Crippen LogP contribution >= 0.6 is 0 Å². The van der Waals surface area contributed by atoms with E-state index in [9.17, 15) is 0 Å². The van der Waals surface area contributed by atoms with Crippen LogP contribution < -0.4 is 5.73 Å². The molecule has 0 aliphatic rings. The van der Waals surface area contributed by atoms with Crippen LogP contribution in [0.25, 0.3) is 0 Å². The fourth-order valence-corrected chi connectivity index (χ4v) is 2.04. The Balaban J connectivity index is 1.81. The molecular formula is C14H19N3. The van der Waals surface area contributed by atoms with Crippen molar-refractivity contribution in [2.24, 2.45) is 12.8 Å². The highest BCUT2D eigenvalue weighted by atomic mass is 15.0. The first-order chi connectivity index (χ1) is 8.27. The zero-order chi connectivity index (χ0) is 12.1. The Hall–Kier alpha value is -1.61. The predicted molar refractivity (Wildman–Crippen MR) is 69.5 cm³/mol. The molecule has 0 fully saturated rings. The number of hydrogen-bond donors (Lipinski definition) is 1. The highest BCUT2D eigenvalue weighted by Gasteiger charge is 2.09. The Morgan fingerprint density at radius 1 is 1.29 bits per heavy atom. The third kappa shape index (κ3) is 3.17. The average Bonchev–Trinajstić information content (AvgIpc) is 2.77. The fourth-order valence-electron chi connectivity index (χ4n) is 2.04. The van der Waals surface area contributed by atoms with Gasteiger partial charge in [0.1, 0.15) is 0 Å². The van der Waals surface area contributed by atoms with Crippen molar-refractivity contribution in [3.63, 3.8) is 0 Å². The van der Waals surface area contributed by atoms with Crippen molar-refractivity contribution < 1.29 is 0 Å². The first-order valence-electron chi connectivity index (χ1n) is 6.03. The summed E-state index contributed by atoms with van der Waals surface area (Å²) in [7, 11) is 1.99. The van der Waals surface area contributed by atoms with Crippen molar-refractivity contribution in [3.05, 3.63) is 54.1 Å². The van der Waals surface area contributed by atoms with E-state index in [-0.39, 0.29) is 6.04 Å². The number of rotatable bonds is 5. The standard InChI is InChI=1S/C14H19N3/c1-17-11-16-10-14(17)13(15)9-5-8-12-6-3-2-4-7-12/h2-4,6-7,10-11,13H,5,8-9,15H2,1H3. The molecule has 1 aromatic heterocycles. The minimum absolute atomic E-state index is 0.0891. The minimum Gasteiger partial charge on any atom is -0.336 e. The molecule has 0 spiro atoms. The van der Waals surface area contributed by atoms with Gasteiger partial charge in [-0.3, -0.25) is 0 Å². The molecule has 3 heteroatoms. The SMILES string of the molecule is Cn1cncc1C(N)CCCc1ccccc1. The summed E-state index contributed by atoms with van der Waals surface area (Å²) in [6.45, 7) is 0. The second-order valence-electron chi connectivity index (χ2n) is 4.41. The number of hydrogen-bond acceptors (Lipinski definition) is 2. The van der Waals surface area contributed by atoms with Crippen molar-refractivity contribution in [3.8, 4) is 0 Å². The summed E-state index contributed by atoms with van der Waals surface area (Å²) < 4.78 is 1.99. The molecule has 2 N–H and O–H groups in total. The summed E-state index contributed by atoms with van der Waals surface area (Å²) in [6.07, 6.45) is 6.84. The summed E-state index contributed by atoms with van der Waals surface area (Å²) in [6, 6.07) is 10.6. The molecule has 0 aliphatic carbocycles. The van der Waals surface area contributed by atoms with Crippen LogP contribution in [0.2, 0.25) is 0 Å². The highest BCUT2D eigenvalue weighted by Crippen LogP contribution is 2.16. The fraction of sp³-hybridized carbons (Fsp3) is 0.357. The molecule has 0 saturated carbocycles. The van der Waals surface area contributed by atoms with E-state index in [1.807, 2.05) is 23.9 Å². The van der Waals surface area contributed by atoms with Crippen LogP contribution in [0.3, 0.4) is 0 Å². The van der Waals surface area contributed by atoms with Crippen LogP contribution in [-0.2, 0) is 13.5 Å². The van der Waals surface area contributed by atoms with Gasteiger partial charge in [-0.25, -0.2) is 4.98 Å². The van der Waals surface area contributed by atoms with E-state index in [1.165, 1.54) is 5.56 Å². The van der Waals surface area contributed by atoms with Gasteiger partial charge in [0.25, 0.3) is 0 Å². The van der Waals surface area contributed by atoms with Crippen LogP contribution in [0.1, 0.15) is 30.1 Å². The van der Waals surface area contributed by atoms with E-state index in [0.717, 1.165) is 25.0 Å². The zero-order valence-electron chi connectivity index (χ0n) is 10.2. The summed E-state index contributed by atoms with van der Waals surface area (Å²) >= 11 is 0. The normalized spacial score (nSPS) is 12.6. The van der Waals surface area contributed by atoms with Gasteiger partial charge in [-0.05, 0) is 24.8 Å². The average molecular weight is 229 g/mol. The van der Waals surface area contributed by atoms with Crippen molar-refractivity contribution >= 4 is 0 Å². The third-order valence-electron chi connectivity index (χ3n) is 3.06. The van der Waals surface area contributed by atoms with Gasteiger partial charge in [0.15, 0.2) is 0 Å². The largest absolute Gasteiger partial charge is 0.336 e. The first kappa shape index (κ1) is 11.9. The third-order valence-corrected chi connectivity index (χ3v) is 3.06. The van der Waals surface area contributed by atoms with Crippen molar-refractivity contribution in [2.75, 3.05) is 0 Å². The second kappa shape index (κ2) is 5.64. The summed E-state index contributed by atoms with van der Waals surface area (Å²) in [5.74, 6) is 0. The number of benzene rings is 1. The summed E-state index contributed by atoms with van der Waals surface area (Å²) in [5.41, 5.74) is 8.63. The lowest BCUT2D eigenvalue weighted by Gasteiger charge is -2.11. The molecule has 0 bridgehead atoms. The molecule has 1 atom stereocenters. The van der Waals surface area contributed by atoms with Gasteiger partial charge >= 0.3 is 0 Å². The zero-order valence-corrected chi connectivity index (χ0v) is 10.2. The molecule has 2 aromatic rings. The molecule has 17 heavy (non-hydrogen) atoms. The molecule has 1 heterocycles.